The number of hydrogen-bond acceptors (Lipinski definition) is 6. The van der Waals surface area contributed by atoms with E-state index in [1.54, 1.807) is 7.11 Å². The van der Waals surface area contributed by atoms with Crippen LogP contribution < -0.4 is 9.47 Å². The van der Waals surface area contributed by atoms with Gasteiger partial charge in [-0.3, -0.25) is 0 Å². The van der Waals surface area contributed by atoms with Crippen LogP contribution in [0.25, 0.3) is 33.5 Å². The Morgan fingerprint density at radius 3 is 2.70 bits per heavy atom. The molecule has 2 saturated heterocycles. The van der Waals surface area contributed by atoms with E-state index in [2.05, 4.69) is 9.97 Å². The number of pyridine rings is 1. The van der Waals surface area contributed by atoms with Crippen molar-refractivity contribution in [3.8, 4) is 34.1 Å². The SMILES string of the molecule is COc1cccc(-c2ccc(-c3nc4nc(OC5CO[C@@H]6CCO[C@H]56)[nH]c4cc3Cl)cc2)c1. The van der Waals surface area contributed by atoms with Crippen LogP contribution in [0.2, 0.25) is 5.02 Å². The molecule has 2 aromatic carbocycles. The van der Waals surface area contributed by atoms with Crippen molar-refractivity contribution in [1.29, 1.82) is 0 Å². The number of ether oxygens (including phenoxy) is 4. The zero-order chi connectivity index (χ0) is 22.4. The lowest BCUT2D eigenvalue weighted by Gasteiger charge is -2.15. The fourth-order valence-corrected chi connectivity index (χ4v) is 4.71. The Labute approximate surface area is 195 Å². The summed E-state index contributed by atoms with van der Waals surface area (Å²) in [7, 11) is 1.66. The third-order valence-electron chi connectivity index (χ3n) is 6.15. The van der Waals surface area contributed by atoms with Gasteiger partial charge in [-0.2, -0.15) is 4.98 Å². The van der Waals surface area contributed by atoms with Gasteiger partial charge in [0.15, 0.2) is 11.8 Å². The first kappa shape index (κ1) is 20.5. The summed E-state index contributed by atoms with van der Waals surface area (Å²) in [6.45, 7) is 1.19. The lowest BCUT2D eigenvalue weighted by Crippen LogP contribution is -2.32. The van der Waals surface area contributed by atoms with Crippen LogP contribution in [0, 0.1) is 0 Å². The summed E-state index contributed by atoms with van der Waals surface area (Å²) in [5.41, 5.74) is 5.00. The van der Waals surface area contributed by atoms with Gasteiger partial charge in [-0.25, -0.2) is 4.98 Å². The maximum Gasteiger partial charge on any atom is 0.296 e. The first-order valence-electron chi connectivity index (χ1n) is 10.9. The van der Waals surface area contributed by atoms with Gasteiger partial charge in [0.2, 0.25) is 0 Å². The van der Waals surface area contributed by atoms with E-state index in [0.717, 1.165) is 34.4 Å². The second-order valence-electron chi connectivity index (χ2n) is 8.19. The van der Waals surface area contributed by atoms with Crippen LogP contribution in [0.4, 0.5) is 0 Å². The zero-order valence-corrected chi connectivity index (χ0v) is 18.7. The van der Waals surface area contributed by atoms with Gasteiger partial charge in [0.25, 0.3) is 6.01 Å². The van der Waals surface area contributed by atoms with Crippen LogP contribution >= 0.6 is 11.6 Å². The highest BCUT2D eigenvalue weighted by molar-refractivity contribution is 6.33. The summed E-state index contributed by atoms with van der Waals surface area (Å²) in [5, 5.41) is 0.537. The van der Waals surface area contributed by atoms with Gasteiger partial charge in [-0.1, -0.05) is 48.0 Å². The molecular weight excluding hydrogens is 442 g/mol. The molecule has 3 atom stereocenters. The third-order valence-corrected chi connectivity index (χ3v) is 6.44. The van der Waals surface area contributed by atoms with E-state index in [-0.39, 0.29) is 18.3 Å². The number of imidazole rings is 1. The van der Waals surface area contributed by atoms with Gasteiger partial charge in [0.1, 0.15) is 11.9 Å². The number of aromatic amines is 1. The monoisotopic (exact) mass is 463 g/mol. The second kappa shape index (κ2) is 8.33. The fraction of sp³-hybridized carbons (Fsp3) is 0.280. The molecular formula is C25H22ClN3O4. The largest absolute Gasteiger partial charge is 0.497 e. The number of aromatic nitrogens is 3. The van der Waals surface area contributed by atoms with E-state index in [9.17, 15) is 0 Å². The molecule has 0 bridgehead atoms. The average molecular weight is 464 g/mol. The van der Waals surface area contributed by atoms with Gasteiger partial charge in [-0.15, -0.1) is 0 Å². The summed E-state index contributed by atoms with van der Waals surface area (Å²) in [5.74, 6) is 0.822. The number of nitrogens with zero attached hydrogens (tertiary/aromatic N) is 2. The van der Waals surface area contributed by atoms with Crippen molar-refractivity contribution in [2.45, 2.75) is 24.7 Å². The molecule has 8 heteroatoms. The smallest absolute Gasteiger partial charge is 0.296 e. The second-order valence-corrected chi connectivity index (χ2v) is 8.60. The number of methoxy groups -OCH3 is 1. The molecule has 0 spiro atoms. The van der Waals surface area contributed by atoms with Crippen LogP contribution in [0.1, 0.15) is 6.42 Å². The van der Waals surface area contributed by atoms with E-state index in [1.165, 1.54) is 0 Å². The van der Waals surface area contributed by atoms with Gasteiger partial charge in [0.05, 0.1) is 36.1 Å². The topological polar surface area (TPSA) is 78.5 Å². The summed E-state index contributed by atoms with van der Waals surface area (Å²) in [6.07, 6.45) is 0.783. The van der Waals surface area contributed by atoms with Crippen LogP contribution in [0.3, 0.4) is 0 Å². The predicted molar refractivity (Wildman–Crippen MR) is 125 cm³/mol. The van der Waals surface area contributed by atoms with Crippen molar-refractivity contribution < 1.29 is 18.9 Å². The molecule has 4 heterocycles. The minimum absolute atomic E-state index is 0.0478. The summed E-state index contributed by atoms with van der Waals surface area (Å²) >= 11 is 6.58. The first-order chi connectivity index (χ1) is 16.2. The highest BCUT2D eigenvalue weighted by Crippen LogP contribution is 2.33. The predicted octanol–water partition coefficient (Wildman–Crippen LogP) is 4.89. The summed E-state index contributed by atoms with van der Waals surface area (Å²) < 4.78 is 22.9. The minimum atomic E-state index is -0.183. The number of nitrogens with one attached hydrogen (secondary N) is 1. The van der Waals surface area contributed by atoms with E-state index in [0.29, 0.717) is 35.6 Å². The molecule has 2 aliphatic rings. The number of rotatable bonds is 5. The number of benzene rings is 2. The van der Waals surface area contributed by atoms with Gasteiger partial charge >= 0.3 is 0 Å². The Morgan fingerprint density at radius 2 is 1.85 bits per heavy atom. The van der Waals surface area contributed by atoms with Crippen molar-refractivity contribution in [2.75, 3.05) is 20.3 Å². The maximum absolute atomic E-state index is 6.58. The van der Waals surface area contributed by atoms with Crippen molar-refractivity contribution in [2.24, 2.45) is 0 Å². The molecule has 2 fully saturated rings. The van der Waals surface area contributed by atoms with E-state index in [1.807, 2.05) is 54.6 Å². The number of fused-ring (bicyclic) bond motifs is 2. The molecule has 1 unspecified atom stereocenters. The highest BCUT2D eigenvalue weighted by atomic mass is 35.5. The highest BCUT2D eigenvalue weighted by Gasteiger charge is 2.43. The van der Waals surface area contributed by atoms with Crippen LogP contribution in [0.5, 0.6) is 11.8 Å². The molecule has 0 radical (unpaired) electrons. The maximum atomic E-state index is 6.58. The average Bonchev–Trinajstić information content (AvgIpc) is 3.56. The molecule has 2 aromatic heterocycles. The van der Waals surface area contributed by atoms with Crippen LogP contribution in [0.15, 0.2) is 54.6 Å². The number of H-pyrrole nitrogens is 1. The first-order valence-corrected chi connectivity index (χ1v) is 11.3. The standard InChI is InChI=1S/C25H22ClN3O4/c1-30-17-4-2-3-16(11-17)14-5-7-15(8-6-14)22-18(26)12-19-24(28-22)29-25(27-19)33-21-13-32-20-9-10-31-23(20)21/h2-8,11-12,20-21,23H,9-10,13H2,1H3,(H,27,28,29)/t20-,21?,23+/m1/s1. The van der Waals surface area contributed by atoms with Crippen molar-refractivity contribution in [3.63, 3.8) is 0 Å². The third kappa shape index (κ3) is 3.82. The van der Waals surface area contributed by atoms with Gasteiger partial charge in [-0.05, 0) is 35.7 Å². The summed E-state index contributed by atoms with van der Waals surface area (Å²) in [4.78, 5) is 12.4. The fourth-order valence-electron chi connectivity index (χ4n) is 4.45. The van der Waals surface area contributed by atoms with Crippen molar-refractivity contribution in [3.05, 3.63) is 59.6 Å². The summed E-state index contributed by atoms with van der Waals surface area (Å²) in [6, 6.07) is 18.3. The lowest BCUT2D eigenvalue weighted by atomic mass is 10.0. The molecule has 33 heavy (non-hydrogen) atoms. The minimum Gasteiger partial charge on any atom is -0.497 e. The van der Waals surface area contributed by atoms with Crippen molar-refractivity contribution >= 4 is 22.8 Å². The van der Waals surface area contributed by atoms with Crippen LogP contribution in [-0.4, -0.2) is 53.6 Å². The Bertz CT molecular complexity index is 1310. The number of hydrogen-bond donors (Lipinski definition) is 1. The van der Waals surface area contributed by atoms with E-state index in [4.69, 9.17) is 35.5 Å². The Morgan fingerprint density at radius 1 is 1.00 bits per heavy atom. The molecule has 0 aliphatic carbocycles. The molecule has 4 aromatic rings. The molecule has 1 N–H and O–H groups in total. The molecule has 0 saturated carbocycles. The van der Waals surface area contributed by atoms with E-state index < -0.39 is 0 Å². The molecule has 0 amide bonds. The zero-order valence-electron chi connectivity index (χ0n) is 18.0. The van der Waals surface area contributed by atoms with Crippen molar-refractivity contribution in [1.82, 2.24) is 15.0 Å². The van der Waals surface area contributed by atoms with Gasteiger partial charge < -0.3 is 23.9 Å². The quantitative estimate of drug-likeness (QED) is 0.454. The Balaban J connectivity index is 1.26. The molecule has 168 valence electrons. The van der Waals surface area contributed by atoms with E-state index >= 15 is 0 Å². The molecule has 6 rings (SSSR count). The molecule has 7 nitrogen and oxygen atoms in total. The van der Waals surface area contributed by atoms with Crippen LogP contribution in [-0.2, 0) is 9.47 Å². The Hall–Kier alpha value is -3.13. The molecule has 2 aliphatic heterocycles. The number of halogens is 1. The Kier molecular flexibility index (Phi) is 5.17. The van der Waals surface area contributed by atoms with Gasteiger partial charge in [0, 0.05) is 12.2 Å². The lowest BCUT2D eigenvalue weighted by molar-refractivity contribution is 0.0273. The normalized spacial score (nSPS) is 21.9.